The number of likely N-dealkylation sites (tertiary alicyclic amines) is 1. The number of rotatable bonds is 4. The summed E-state index contributed by atoms with van der Waals surface area (Å²) in [5, 5.41) is 0.615. The molecule has 1 amide bonds. The van der Waals surface area contributed by atoms with Crippen molar-refractivity contribution in [2.24, 2.45) is 11.8 Å². The Balaban J connectivity index is 1.14. The number of para-hydroxylation sites is 1. The lowest BCUT2D eigenvalue weighted by atomic mass is 9.68. The van der Waals surface area contributed by atoms with E-state index in [1.807, 2.05) is 18.2 Å². The zero-order valence-corrected chi connectivity index (χ0v) is 19.3. The Labute approximate surface area is 195 Å². The Kier molecular flexibility index (Phi) is 5.57. The molecule has 0 spiro atoms. The second-order valence-electron chi connectivity index (χ2n) is 10.5. The predicted molar refractivity (Wildman–Crippen MR) is 129 cm³/mol. The fourth-order valence-corrected chi connectivity index (χ4v) is 7.06. The van der Waals surface area contributed by atoms with Gasteiger partial charge in [-0.1, -0.05) is 30.2 Å². The van der Waals surface area contributed by atoms with Crippen molar-refractivity contribution in [1.29, 1.82) is 0 Å². The number of H-pyrrole nitrogens is 1. The van der Waals surface area contributed by atoms with Crippen LogP contribution in [0.4, 0.5) is 0 Å². The Morgan fingerprint density at radius 2 is 2.06 bits per heavy atom. The highest BCUT2D eigenvalue weighted by Crippen LogP contribution is 2.45. The van der Waals surface area contributed by atoms with E-state index >= 15 is 0 Å². The van der Waals surface area contributed by atoms with Crippen LogP contribution < -0.4 is 5.56 Å². The minimum atomic E-state index is -0.0992. The van der Waals surface area contributed by atoms with Gasteiger partial charge in [-0.3, -0.25) is 14.5 Å². The second-order valence-corrected chi connectivity index (χ2v) is 10.5. The average Bonchev–Trinajstić information content (AvgIpc) is 2.84. The molecule has 3 aliphatic heterocycles. The molecule has 6 heteroatoms. The van der Waals surface area contributed by atoms with E-state index in [4.69, 9.17) is 0 Å². The zero-order valence-electron chi connectivity index (χ0n) is 19.3. The largest absolute Gasteiger partial charge is 0.336 e. The van der Waals surface area contributed by atoms with Gasteiger partial charge in [-0.25, -0.2) is 4.98 Å². The van der Waals surface area contributed by atoms with Crippen molar-refractivity contribution in [3.05, 3.63) is 52.1 Å². The number of hydrogen-bond acceptors (Lipinski definition) is 4. The molecule has 33 heavy (non-hydrogen) atoms. The van der Waals surface area contributed by atoms with Crippen LogP contribution in [0, 0.1) is 11.8 Å². The van der Waals surface area contributed by atoms with Gasteiger partial charge in [0.15, 0.2) is 0 Å². The minimum Gasteiger partial charge on any atom is -0.336 e. The lowest BCUT2D eigenvalue weighted by Gasteiger charge is -2.54. The van der Waals surface area contributed by atoms with Crippen LogP contribution in [-0.2, 0) is 11.2 Å². The van der Waals surface area contributed by atoms with Gasteiger partial charge < -0.3 is 9.88 Å². The van der Waals surface area contributed by atoms with Crippen LogP contribution >= 0.6 is 0 Å². The van der Waals surface area contributed by atoms with Crippen LogP contribution in [0.3, 0.4) is 0 Å². The lowest BCUT2D eigenvalue weighted by Crippen LogP contribution is -2.60. The van der Waals surface area contributed by atoms with Crippen molar-refractivity contribution in [2.45, 2.75) is 69.9 Å². The summed E-state index contributed by atoms with van der Waals surface area (Å²) in [7, 11) is 0. The van der Waals surface area contributed by atoms with Crippen molar-refractivity contribution >= 4 is 16.8 Å². The van der Waals surface area contributed by atoms with E-state index in [2.05, 4.69) is 25.8 Å². The molecule has 2 unspecified atom stereocenters. The number of carbonyl (C=O) groups is 1. The number of hydrogen-bond donors (Lipinski definition) is 1. The topological polar surface area (TPSA) is 69.3 Å². The van der Waals surface area contributed by atoms with Crippen LogP contribution in [0.5, 0.6) is 0 Å². The zero-order chi connectivity index (χ0) is 22.4. The first-order valence-electron chi connectivity index (χ1n) is 12.9. The first-order chi connectivity index (χ1) is 16.2. The highest BCUT2D eigenvalue weighted by Gasteiger charge is 2.46. The molecule has 2 aromatic rings. The number of nitrogens with zero attached hydrogens (tertiary/aromatic N) is 3. The molecule has 1 aromatic carbocycles. The van der Waals surface area contributed by atoms with E-state index in [-0.39, 0.29) is 11.5 Å². The quantitative estimate of drug-likeness (QED) is 0.728. The van der Waals surface area contributed by atoms with E-state index in [1.54, 1.807) is 11.6 Å². The number of aryl methyl sites for hydroxylation is 1. The molecule has 6 rings (SSSR count). The summed E-state index contributed by atoms with van der Waals surface area (Å²) in [6, 6.07) is 8.46. The van der Waals surface area contributed by atoms with Gasteiger partial charge >= 0.3 is 0 Å². The summed E-state index contributed by atoms with van der Waals surface area (Å²) in [6.07, 6.45) is 12.0. The Bertz CT molecular complexity index is 1140. The van der Waals surface area contributed by atoms with Crippen molar-refractivity contribution < 1.29 is 4.79 Å². The summed E-state index contributed by atoms with van der Waals surface area (Å²) in [6.45, 7) is 3.28. The SMILES string of the molecule is O=C(CCCc1nc2ccccc2c(=O)[nH]1)N1CCCC2=CC3CC(CN4CCCC[C@H]34)[C@@H]21. The van der Waals surface area contributed by atoms with Crippen LogP contribution in [-0.4, -0.2) is 57.4 Å². The third kappa shape index (κ3) is 3.92. The van der Waals surface area contributed by atoms with Gasteiger partial charge in [0.2, 0.25) is 5.91 Å². The molecule has 2 bridgehead atoms. The molecule has 1 aliphatic carbocycles. The molecule has 3 fully saturated rings. The van der Waals surface area contributed by atoms with Crippen LogP contribution in [0.15, 0.2) is 40.7 Å². The fourth-order valence-electron chi connectivity index (χ4n) is 7.06. The molecule has 6 nitrogen and oxygen atoms in total. The summed E-state index contributed by atoms with van der Waals surface area (Å²) < 4.78 is 0. The van der Waals surface area contributed by atoms with Crippen molar-refractivity contribution in [1.82, 2.24) is 19.8 Å². The van der Waals surface area contributed by atoms with E-state index < -0.39 is 0 Å². The average molecular weight is 447 g/mol. The second kappa shape index (κ2) is 8.71. The number of carbonyl (C=O) groups excluding carboxylic acids is 1. The number of aromatic nitrogens is 2. The molecular formula is C27H34N4O2. The van der Waals surface area contributed by atoms with Gasteiger partial charge in [0, 0.05) is 32.0 Å². The number of nitrogens with one attached hydrogen (secondary N) is 1. The van der Waals surface area contributed by atoms with E-state index in [0.29, 0.717) is 48.4 Å². The van der Waals surface area contributed by atoms with Crippen LogP contribution in [0.25, 0.3) is 10.9 Å². The van der Waals surface area contributed by atoms with E-state index in [0.717, 1.165) is 37.5 Å². The fraction of sp³-hybridized carbons (Fsp3) is 0.593. The first kappa shape index (κ1) is 21.1. The highest BCUT2D eigenvalue weighted by molar-refractivity contribution is 5.78. The normalized spacial score (nSPS) is 29.3. The third-order valence-corrected chi connectivity index (χ3v) is 8.44. The molecule has 0 radical (unpaired) electrons. The smallest absolute Gasteiger partial charge is 0.258 e. The predicted octanol–water partition coefficient (Wildman–Crippen LogP) is 3.67. The monoisotopic (exact) mass is 446 g/mol. The van der Waals surface area contributed by atoms with Crippen LogP contribution in [0.2, 0.25) is 0 Å². The molecule has 1 N–H and O–H groups in total. The van der Waals surface area contributed by atoms with Gasteiger partial charge in [0.25, 0.3) is 5.56 Å². The summed E-state index contributed by atoms with van der Waals surface area (Å²) in [4.78, 5) is 38.1. The summed E-state index contributed by atoms with van der Waals surface area (Å²) in [5.74, 6) is 2.23. The molecule has 4 heterocycles. The molecule has 4 atom stereocenters. The maximum atomic E-state index is 13.4. The Morgan fingerprint density at radius 1 is 1.15 bits per heavy atom. The maximum Gasteiger partial charge on any atom is 0.258 e. The lowest BCUT2D eigenvalue weighted by molar-refractivity contribution is -0.136. The van der Waals surface area contributed by atoms with Gasteiger partial charge in [0.05, 0.1) is 16.9 Å². The number of aromatic amines is 1. The van der Waals surface area contributed by atoms with Crippen LogP contribution in [0.1, 0.15) is 57.2 Å². The number of amides is 1. The standard InChI is InChI=1S/C27H34N4O2/c32-25(12-5-11-24-28-22-9-2-1-8-21(22)27(33)29-24)31-14-6-7-18-15-19-16-20(26(18)31)17-30-13-4-3-10-23(19)30/h1-2,8-9,15,19-20,23,26H,3-7,10-14,16-17H2,(H,28,29,33)/t19?,20?,23-,26-/m1/s1. The van der Waals surface area contributed by atoms with Gasteiger partial charge in [0.1, 0.15) is 5.82 Å². The number of benzene rings is 1. The maximum absolute atomic E-state index is 13.4. The number of piperidine rings is 3. The van der Waals surface area contributed by atoms with Gasteiger partial charge in [-0.15, -0.1) is 0 Å². The van der Waals surface area contributed by atoms with Crippen molar-refractivity contribution in [3.63, 3.8) is 0 Å². The highest BCUT2D eigenvalue weighted by atomic mass is 16.2. The minimum absolute atomic E-state index is 0.0992. The number of fused-ring (bicyclic) bond motifs is 7. The molecular weight excluding hydrogens is 412 g/mol. The summed E-state index contributed by atoms with van der Waals surface area (Å²) >= 11 is 0. The molecule has 0 saturated carbocycles. The van der Waals surface area contributed by atoms with E-state index in [9.17, 15) is 9.59 Å². The van der Waals surface area contributed by atoms with Gasteiger partial charge in [-0.05, 0) is 69.0 Å². The Morgan fingerprint density at radius 3 is 3.00 bits per heavy atom. The Hall–Kier alpha value is -2.47. The van der Waals surface area contributed by atoms with Gasteiger partial charge in [-0.2, -0.15) is 0 Å². The molecule has 3 saturated heterocycles. The molecule has 1 aromatic heterocycles. The first-order valence-corrected chi connectivity index (χ1v) is 12.9. The molecule has 174 valence electrons. The van der Waals surface area contributed by atoms with E-state index in [1.165, 1.54) is 32.2 Å². The molecule has 4 aliphatic rings. The van der Waals surface area contributed by atoms with Crippen molar-refractivity contribution in [3.8, 4) is 0 Å². The third-order valence-electron chi connectivity index (χ3n) is 8.44. The summed E-state index contributed by atoms with van der Waals surface area (Å²) in [5.41, 5.74) is 2.16. The van der Waals surface area contributed by atoms with Crippen molar-refractivity contribution in [2.75, 3.05) is 19.6 Å².